The Morgan fingerprint density at radius 2 is 1.40 bits per heavy atom. The van der Waals surface area contributed by atoms with Gasteiger partial charge in [0.2, 0.25) is 0 Å². The van der Waals surface area contributed by atoms with Crippen molar-refractivity contribution >= 4 is 46.5 Å². The van der Waals surface area contributed by atoms with Gasteiger partial charge >= 0.3 is 0 Å². The molecular weight excluding hydrogens is 497 g/mol. The van der Waals surface area contributed by atoms with Gasteiger partial charge in [-0.3, -0.25) is 0 Å². The highest BCUT2D eigenvalue weighted by Gasteiger charge is 2.29. The Labute approximate surface area is 224 Å². The van der Waals surface area contributed by atoms with Crippen LogP contribution in [0, 0.1) is 0 Å². The first-order chi connectivity index (χ1) is 16.9. The zero-order chi connectivity index (χ0) is 24.9. The maximum Gasteiger partial charge on any atom is 0.0923 e. The Morgan fingerprint density at radius 3 is 2.06 bits per heavy atom. The smallest absolute Gasteiger partial charge is 0.0923 e. The molecule has 4 rings (SSSR count). The lowest BCUT2D eigenvalue weighted by Gasteiger charge is -2.26. The lowest BCUT2D eigenvalue weighted by molar-refractivity contribution is 0.111. The van der Waals surface area contributed by atoms with Gasteiger partial charge in [-0.25, -0.2) is 0 Å². The predicted octanol–water partition coefficient (Wildman–Crippen LogP) is 9.15. The molecule has 184 valence electrons. The molecule has 1 atom stereocenters. The summed E-state index contributed by atoms with van der Waals surface area (Å²) >= 11 is 19.2. The lowest BCUT2D eigenvalue weighted by atomic mass is 9.94. The first-order valence-corrected chi connectivity index (χ1v) is 13.6. The molecule has 1 aliphatic rings. The zero-order valence-corrected chi connectivity index (χ0v) is 22.6. The molecule has 0 fully saturated rings. The molecule has 0 bridgehead atoms. The van der Waals surface area contributed by atoms with Crippen molar-refractivity contribution in [2.24, 2.45) is 0 Å². The van der Waals surface area contributed by atoms with E-state index in [0.717, 1.165) is 77.7 Å². The summed E-state index contributed by atoms with van der Waals surface area (Å²) < 4.78 is 0. The molecule has 0 saturated carbocycles. The summed E-state index contributed by atoms with van der Waals surface area (Å²) in [7, 11) is 0. The second kappa shape index (κ2) is 12.0. The molecule has 0 saturated heterocycles. The van der Waals surface area contributed by atoms with Crippen molar-refractivity contribution < 1.29 is 5.11 Å². The number of halogens is 3. The Balaban J connectivity index is 1.79. The summed E-state index contributed by atoms with van der Waals surface area (Å²) in [4.78, 5) is 2.38. The second-order valence-corrected chi connectivity index (χ2v) is 10.5. The molecule has 0 aliphatic heterocycles. The Bertz CT molecular complexity index is 1190. The first-order valence-electron chi connectivity index (χ1n) is 12.4. The average molecular weight is 529 g/mol. The summed E-state index contributed by atoms with van der Waals surface area (Å²) in [5, 5.41) is 13.5. The van der Waals surface area contributed by atoms with Crippen molar-refractivity contribution in [3.8, 4) is 11.1 Å². The van der Waals surface area contributed by atoms with E-state index in [1.165, 1.54) is 0 Å². The van der Waals surface area contributed by atoms with Crippen LogP contribution in [0.25, 0.3) is 22.8 Å². The van der Waals surface area contributed by atoms with Crippen molar-refractivity contribution in [3.63, 3.8) is 0 Å². The largest absolute Gasteiger partial charge is 0.387 e. The van der Waals surface area contributed by atoms with E-state index in [0.29, 0.717) is 21.6 Å². The van der Waals surface area contributed by atoms with Crippen LogP contribution in [-0.2, 0) is 0 Å². The van der Waals surface area contributed by atoms with E-state index < -0.39 is 6.10 Å². The van der Waals surface area contributed by atoms with Gasteiger partial charge in [0, 0.05) is 21.6 Å². The predicted molar refractivity (Wildman–Crippen MR) is 152 cm³/mol. The van der Waals surface area contributed by atoms with Gasteiger partial charge in [-0.05, 0) is 107 Å². The van der Waals surface area contributed by atoms with Gasteiger partial charge in [-0.15, -0.1) is 0 Å². The van der Waals surface area contributed by atoms with E-state index in [-0.39, 0.29) is 0 Å². The number of hydrogen-bond donors (Lipinski definition) is 1. The van der Waals surface area contributed by atoms with E-state index in [9.17, 15) is 5.11 Å². The molecule has 0 spiro atoms. The molecule has 1 unspecified atom stereocenters. The standard InChI is InChI=1S/C30H32Cl3NO/c1-3-5-13-34(14-6-4-2)19-29(35)28-18-23(33)17-27-25(15-20-7-9-21(31)10-8-20)24-12-11-22(32)16-26(24)30(27)28/h7-12,15-18,29,35H,3-6,13-14,19H2,1-2H3. The van der Waals surface area contributed by atoms with Crippen LogP contribution >= 0.6 is 34.8 Å². The SMILES string of the molecule is CCCCN(CCCC)CC(O)c1cc(Cl)cc2c1-c1cc(Cl)ccc1C2=Cc1ccc(Cl)cc1. The maximum absolute atomic E-state index is 11.5. The summed E-state index contributed by atoms with van der Waals surface area (Å²) in [5.74, 6) is 0. The van der Waals surface area contributed by atoms with Gasteiger partial charge in [0.15, 0.2) is 0 Å². The van der Waals surface area contributed by atoms with Crippen molar-refractivity contribution in [1.29, 1.82) is 0 Å². The van der Waals surface area contributed by atoms with Gasteiger partial charge in [0.25, 0.3) is 0 Å². The number of nitrogens with zero attached hydrogens (tertiary/aromatic N) is 1. The third kappa shape index (κ3) is 6.13. The van der Waals surface area contributed by atoms with Crippen molar-refractivity contribution in [1.82, 2.24) is 4.90 Å². The fraction of sp³-hybridized carbons (Fsp3) is 0.333. The van der Waals surface area contributed by atoms with Crippen molar-refractivity contribution in [2.75, 3.05) is 19.6 Å². The van der Waals surface area contributed by atoms with Crippen LogP contribution in [0.2, 0.25) is 15.1 Å². The van der Waals surface area contributed by atoms with Gasteiger partial charge in [-0.1, -0.05) is 79.7 Å². The van der Waals surface area contributed by atoms with Crippen LogP contribution in [0.1, 0.15) is 67.9 Å². The van der Waals surface area contributed by atoms with E-state index in [1.54, 1.807) is 0 Å². The number of fused-ring (bicyclic) bond motifs is 3. The van der Waals surface area contributed by atoms with Crippen LogP contribution in [0.3, 0.4) is 0 Å². The zero-order valence-electron chi connectivity index (χ0n) is 20.3. The number of unbranched alkanes of at least 4 members (excludes halogenated alkanes) is 2. The number of aliphatic hydroxyl groups excluding tert-OH is 1. The molecule has 0 radical (unpaired) electrons. The number of benzene rings is 3. The molecule has 1 aliphatic carbocycles. The minimum Gasteiger partial charge on any atom is -0.387 e. The van der Waals surface area contributed by atoms with E-state index >= 15 is 0 Å². The van der Waals surface area contributed by atoms with Crippen LogP contribution in [0.15, 0.2) is 54.6 Å². The molecule has 3 aromatic rings. The molecule has 2 nitrogen and oxygen atoms in total. The lowest BCUT2D eigenvalue weighted by Crippen LogP contribution is -2.31. The van der Waals surface area contributed by atoms with Crippen molar-refractivity contribution in [2.45, 2.75) is 45.6 Å². The van der Waals surface area contributed by atoms with E-state index in [2.05, 4.69) is 30.9 Å². The number of aliphatic hydroxyl groups is 1. The summed E-state index contributed by atoms with van der Waals surface area (Å²) in [6.45, 7) is 6.96. The summed E-state index contributed by atoms with van der Waals surface area (Å²) in [6, 6.07) is 17.7. The highest BCUT2D eigenvalue weighted by Crippen LogP contribution is 2.50. The maximum atomic E-state index is 11.5. The third-order valence-electron chi connectivity index (χ3n) is 6.59. The average Bonchev–Trinajstić information content (AvgIpc) is 3.13. The minimum absolute atomic E-state index is 0.582. The van der Waals surface area contributed by atoms with Crippen LogP contribution in [-0.4, -0.2) is 29.6 Å². The van der Waals surface area contributed by atoms with E-state index in [4.69, 9.17) is 34.8 Å². The fourth-order valence-electron chi connectivity index (χ4n) is 4.79. The molecular formula is C30H32Cl3NO. The van der Waals surface area contributed by atoms with Gasteiger partial charge in [0.1, 0.15) is 0 Å². The highest BCUT2D eigenvalue weighted by molar-refractivity contribution is 6.32. The van der Waals surface area contributed by atoms with Crippen LogP contribution in [0.5, 0.6) is 0 Å². The number of hydrogen-bond acceptors (Lipinski definition) is 2. The summed E-state index contributed by atoms with van der Waals surface area (Å²) in [5.41, 5.74) is 7.13. The fourth-order valence-corrected chi connectivity index (χ4v) is 5.31. The quantitative estimate of drug-likeness (QED) is 0.222. The van der Waals surface area contributed by atoms with Crippen LogP contribution in [0.4, 0.5) is 0 Å². The molecule has 1 N–H and O–H groups in total. The molecule has 0 heterocycles. The minimum atomic E-state index is -0.655. The Morgan fingerprint density at radius 1 is 0.771 bits per heavy atom. The van der Waals surface area contributed by atoms with Gasteiger partial charge in [-0.2, -0.15) is 0 Å². The molecule has 3 aromatic carbocycles. The number of rotatable bonds is 10. The van der Waals surface area contributed by atoms with Gasteiger partial charge < -0.3 is 10.0 Å². The highest BCUT2D eigenvalue weighted by atomic mass is 35.5. The second-order valence-electron chi connectivity index (χ2n) is 9.24. The molecule has 0 amide bonds. The Hall–Kier alpha value is -1.81. The van der Waals surface area contributed by atoms with E-state index in [1.807, 2.05) is 48.5 Å². The molecule has 0 aromatic heterocycles. The third-order valence-corrected chi connectivity index (χ3v) is 7.30. The van der Waals surface area contributed by atoms with Crippen molar-refractivity contribution in [3.05, 3.63) is 91.9 Å². The topological polar surface area (TPSA) is 23.5 Å². The molecule has 35 heavy (non-hydrogen) atoms. The normalized spacial score (nSPS) is 14.4. The molecule has 5 heteroatoms. The Kier molecular flexibility index (Phi) is 8.97. The summed E-state index contributed by atoms with van der Waals surface area (Å²) in [6.07, 6.45) is 6.01. The monoisotopic (exact) mass is 527 g/mol. The van der Waals surface area contributed by atoms with Crippen LogP contribution < -0.4 is 0 Å². The first kappa shape index (κ1) is 26.3. The van der Waals surface area contributed by atoms with Gasteiger partial charge in [0.05, 0.1) is 6.10 Å².